The number of carboxylic acid groups (broad SMARTS) is 1. The predicted octanol–water partition coefficient (Wildman–Crippen LogP) is 2.43. The Morgan fingerprint density at radius 2 is 2.37 bits per heavy atom. The Bertz CT molecular complexity index is 663. The largest absolute Gasteiger partial charge is 0.487 e. The monoisotopic (exact) mass is 278 g/mol. The van der Waals surface area contributed by atoms with Gasteiger partial charge in [0.05, 0.1) is 11.3 Å². The molecule has 0 amide bonds. The SMILES string of the molecule is N#Cc1ccc(OCc2csc(C(=O)O)n2)cc1F. The number of ether oxygens (including phenoxy) is 1. The van der Waals surface area contributed by atoms with Crippen molar-refractivity contribution < 1.29 is 19.0 Å². The number of carbonyl (C=O) groups is 1. The number of carboxylic acids is 1. The Balaban J connectivity index is 2.04. The van der Waals surface area contributed by atoms with Gasteiger partial charge in [-0.3, -0.25) is 0 Å². The average molecular weight is 278 g/mol. The van der Waals surface area contributed by atoms with Gasteiger partial charge in [-0.15, -0.1) is 11.3 Å². The minimum Gasteiger partial charge on any atom is -0.487 e. The lowest BCUT2D eigenvalue weighted by Crippen LogP contribution is -1.99. The van der Waals surface area contributed by atoms with Crippen molar-refractivity contribution in [2.75, 3.05) is 0 Å². The van der Waals surface area contributed by atoms with Gasteiger partial charge in [0.2, 0.25) is 5.01 Å². The topological polar surface area (TPSA) is 83.2 Å². The zero-order chi connectivity index (χ0) is 13.8. The van der Waals surface area contributed by atoms with E-state index in [1.165, 1.54) is 12.1 Å². The highest BCUT2D eigenvalue weighted by Gasteiger charge is 2.09. The first kappa shape index (κ1) is 13.0. The Hall–Kier alpha value is -2.46. The van der Waals surface area contributed by atoms with Crippen molar-refractivity contribution in [1.82, 2.24) is 4.98 Å². The molecule has 7 heteroatoms. The van der Waals surface area contributed by atoms with Crippen LogP contribution >= 0.6 is 11.3 Å². The maximum atomic E-state index is 13.3. The van der Waals surface area contributed by atoms with Crippen LogP contribution < -0.4 is 4.74 Å². The summed E-state index contributed by atoms with van der Waals surface area (Å²) < 4.78 is 18.6. The molecule has 0 radical (unpaired) electrons. The molecule has 1 aromatic carbocycles. The van der Waals surface area contributed by atoms with Gasteiger partial charge in [-0.05, 0) is 12.1 Å². The molecule has 19 heavy (non-hydrogen) atoms. The van der Waals surface area contributed by atoms with Crippen LogP contribution in [0.25, 0.3) is 0 Å². The van der Waals surface area contributed by atoms with Crippen LogP contribution in [0.4, 0.5) is 4.39 Å². The van der Waals surface area contributed by atoms with Crippen molar-refractivity contribution in [3.05, 3.63) is 45.7 Å². The maximum Gasteiger partial charge on any atom is 0.365 e. The van der Waals surface area contributed by atoms with Gasteiger partial charge in [0.15, 0.2) is 0 Å². The molecule has 0 spiro atoms. The van der Waals surface area contributed by atoms with E-state index in [-0.39, 0.29) is 22.9 Å². The predicted molar refractivity (Wildman–Crippen MR) is 64.5 cm³/mol. The van der Waals surface area contributed by atoms with Gasteiger partial charge >= 0.3 is 5.97 Å². The van der Waals surface area contributed by atoms with E-state index in [1.807, 2.05) is 0 Å². The van der Waals surface area contributed by atoms with E-state index in [0.717, 1.165) is 17.4 Å². The minimum absolute atomic E-state index is 0.0235. The van der Waals surface area contributed by atoms with Gasteiger partial charge in [0.25, 0.3) is 0 Å². The molecular formula is C12H7FN2O3S. The number of thiazole rings is 1. The van der Waals surface area contributed by atoms with Crippen LogP contribution in [0.2, 0.25) is 0 Å². The summed E-state index contributed by atoms with van der Waals surface area (Å²) >= 11 is 0.994. The number of hydrogen-bond donors (Lipinski definition) is 1. The van der Waals surface area contributed by atoms with Gasteiger partial charge in [0, 0.05) is 11.4 Å². The molecule has 0 saturated carbocycles. The van der Waals surface area contributed by atoms with Crippen molar-refractivity contribution in [2.24, 2.45) is 0 Å². The smallest absolute Gasteiger partial charge is 0.365 e. The van der Waals surface area contributed by atoms with Crippen molar-refractivity contribution in [2.45, 2.75) is 6.61 Å². The van der Waals surface area contributed by atoms with E-state index in [4.69, 9.17) is 15.1 Å². The molecule has 0 unspecified atom stereocenters. The van der Waals surface area contributed by atoms with Crippen LogP contribution in [0.3, 0.4) is 0 Å². The fourth-order valence-electron chi connectivity index (χ4n) is 1.31. The highest BCUT2D eigenvalue weighted by atomic mass is 32.1. The van der Waals surface area contributed by atoms with E-state index < -0.39 is 11.8 Å². The first-order chi connectivity index (χ1) is 9.10. The summed E-state index contributed by atoms with van der Waals surface area (Å²) in [5, 5.41) is 18.8. The zero-order valence-electron chi connectivity index (χ0n) is 9.46. The summed E-state index contributed by atoms with van der Waals surface area (Å²) in [5.74, 6) is -1.51. The lowest BCUT2D eigenvalue weighted by atomic mass is 10.2. The van der Waals surface area contributed by atoms with Gasteiger partial charge in [-0.1, -0.05) is 0 Å². The number of halogens is 1. The van der Waals surface area contributed by atoms with Crippen LogP contribution in [0.5, 0.6) is 5.75 Å². The number of benzene rings is 1. The van der Waals surface area contributed by atoms with E-state index in [1.54, 1.807) is 11.4 Å². The Morgan fingerprint density at radius 3 is 2.95 bits per heavy atom. The highest BCUT2D eigenvalue weighted by Crippen LogP contribution is 2.18. The van der Waals surface area contributed by atoms with Crippen LogP contribution in [0, 0.1) is 17.1 Å². The molecule has 2 rings (SSSR count). The standard InChI is InChI=1S/C12H7FN2O3S/c13-10-3-9(2-1-7(10)4-14)18-5-8-6-19-11(15-8)12(16)17/h1-3,6H,5H2,(H,16,17). The van der Waals surface area contributed by atoms with E-state index in [9.17, 15) is 9.18 Å². The van der Waals surface area contributed by atoms with Gasteiger partial charge in [-0.25, -0.2) is 14.2 Å². The quantitative estimate of drug-likeness (QED) is 0.928. The van der Waals surface area contributed by atoms with Crippen molar-refractivity contribution in [1.29, 1.82) is 5.26 Å². The van der Waals surface area contributed by atoms with Crippen molar-refractivity contribution in [3.63, 3.8) is 0 Å². The van der Waals surface area contributed by atoms with E-state index in [0.29, 0.717) is 5.69 Å². The van der Waals surface area contributed by atoms with Crippen LogP contribution in [0.15, 0.2) is 23.6 Å². The number of rotatable bonds is 4. The number of nitriles is 1. The molecule has 1 heterocycles. The highest BCUT2D eigenvalue weighted by molar-refractivity contribution is 7.11. The summed E-state index contributed by atoms with van der Waals surface area (Å²) in [6, 6.07) is 5.58. The molecule has 5 nitrogen and oxygen atoms in total. The number of aromatic carboxylic acids is 1. The molecule has 0 saturated heterocycles. The van der Waals surface area contributed by atoms with E-state index >= 15 is 0 Å². The van der Waals surface area contributed by atoms with E-state index in [2.05, 4.69) is 4.98 Å². The molecule has 0 atom stereocenters. The lowest BCUT2D eigenvalue weighted by Gasteiger charge is -2.04. The van der Waals surface area contributed by atoms with Crippen LogP contribution in [0.1, 0.15) is 21.1 Å². The van der Waals surface area contributed by atoms with Gasteiger partial charge in [0.1, 0.15) is 24.2 Å². The Labute approximate surface area is 111 Å². The van der Waals surface area contributed by atoms with Crippen LogP contribution in [-0.4, -0.2) is 16.1 Å². The molecule has 0 aliphatic carbocycles. The molecular weight excluding hydrogens is 271 g/mol. The molecule has 0 aliphatic rings. The summed E-state index contributed by atoms with van der Waals surface area (Å²) in [4.78, 5) is 14.5. The van der Waals surface area contributed by atoms with Crippen molar-refractivity contribution in [3.8, 4) is 11.8 Å². The first-order valence-electron chi connectivity index (χ1n) is 5.10. The summed E-state index contributed by atoms with van der Waals surface area (Å²) in [7, 11) is 0. The zero-order valence-corrected chi connectivity index (χ0v) is 10.3. The molecule has 0 fully saturated rings. The maximum absolute atomic E-state index is 13.3. The normalized spacial score (nSPS) is 9.89. The fraction of sp³-hybridized carbons (Fsp3) is 0.0833. The average Bonchev–Trinajstić information content (AvgIpc) is 2.85. The molecule has 1 aromatic heterocycles. The summed E-state index contributed by atoms with van der Waals surface area (Å²) in [6.07, 6.45) is 0. The number of nitrogens with zero attached hydrogens (tertiary/aromatic N) is 2. The minimum atomic E-state index is -1.10. The molecule has 2 aromatic rings. The third kappa shape index (κ3) is 3.05. The number of aromatic nitrogens is 1. The molecule has 96 valence electrons. The number of hydrogen-bond acceptors (Lipinski definition) is 5. The fourth-order valence-corrected chi connectivity index (χ4v) is 1.94. The molecule has 1 N–H and O–H groups in total. The van der Waals surface area contributed by atoms with Crippen LogP contribution in [-0.2, 0) is 6.61 Å². The third-order valence-corrected chi connectivity index (χ3v) is 3.06. The second-order valence-corrected chi connectivity index (χ2v) is 4.35. The Kier molecular flexibility index (Phi) is 3.73. The van der Waals surface area contributed by atoms with Gasteiger partial charge < -0.3 is 9.84 Å². The van der Waals surface area contributed by atoms with Crippen molar-refractivity contribution >= 4 is 17.3 Å². The molecule has 0 bridgehead atoms. The lowest BCUT2D eigenvalue weighted by molar-refractivity contribution is 0.0696. The molecule has 0 aliphatic heterocycles. The third-order valence-electron chi connectivity index (χ3n) is 2.18. The Morgan fingerprint density at radius 1 is 1.58 bits per heavy atom. The second kappa shape index (κ2) is 5.46. The first-order valence-corrected chi connectivity index (χ1v) is 5.98. The summed E-state index contributed by atoms with van der Waals surface area (Å²) in [6.45, 7) is 0.0368. The summed E-state index contributed by atoms with van der Waals surface area (Å²) in [5.41, 5.74) is 0.390. The second-order valence-electron chi connectivity index (χ2n) is 3.49. The van der Waals surface area contributed by atoms with Gasteiger partial charge in [-0.2, -0.15) is 5.26 Å².